The van der Waals surface area contributed by atoms with Crippen LogP contribution >= 0.6 is 34.3 Å². The lowest BCUT2D eigenvalue weighted by Gasteiger charge is -2.03. The van der Waals surface area contributed by atoms with Crippen molar-refractivity contribution in [3.05, 3.63) is 51.6 Å². The summed E-state index contributed by atoms with van der Waals surface area (Å²) in [4.78, 5) is 28.3. The molecule has 12 heteroatoms. The van der Waals surface area contributed by atoms with Gasteiger partial charge in [0.25, 0.3) is 5.91 Å². The van der Waals surface area contributed by atoms with E-state index in [0.717, 1.165) is 28.7 Å². The monoisotopic (exact) mass is 486 g/mol. The number of thiophene rings is 1. The van der Waals surface area contributed by atoms with Crippen LogP contribution in [0.25, 0.3) is 20.3 Å². The van der Waals surface area contributed by atoms with Crippen LogP contribution in [-0.4, -0.2) is 30.6 Å². The Morgan fingerprint density at radius 3 is 2.65 bits per heavy atom. The van der Waals surface area contributed by atoms with E-state index in [4.69, 9.17) is 21.1 Å². The van der Waals surface area contributed by atoms with Crippen molar-refractivity contribution in [1.29, 1.82) is 0 Å². The van der Waals surface area contributed by atoms with Crippen molar-refractivity contribution in [3.63, 3.8) is 0 Å². The number of hydrogen-bond donors (Lipinski definition) is 1. The SMILES string of the molecule is COc1ccc2c(Cl)c(C(=O)OCC(=O)Nc3nc4c(F)c(F)c(F)cc4s3)sc2c1. The van der Waals surface area contributed by atoms with Gasteiger partial charge in [-0.25, -0.2) is 22.9 Å². The lowest BCUT2D eigenvalue weighted by molar-refractivity contribution is -0.119. The number of rotatable bonds is 5. The molecular formula is C19H10ClF3N2O4S2. The molecule has 2 heterocycles. The van der Waals surface area contributed by atoms with Gasteiger partial charge in [0.1, 0.15) is 16.1 Å². The first-order valence-electron chi connectivity index (χ1n) is 8.45. The predicted octanol–water partition coefficient (Wildman–Crippen LogP) is 5.39. The van der Waals surface area contributed by atoms with Gasteiger partial charge in [0, 0.05) is 10.1 Å². The molecule has 0 aliphatic carbocycles. The second-order valence-corrected chi connectivity index (χ2v) is 8.54. The summed E-state index contributed by atoms with van der Waals surface area (Å²) in [5.41, 5.74) is -0.413. The molecule has 1 amide bonds. The molecule has 0 bridgehead atoms. The molecule has 1 N–H and O–H groups in total. The quantitative estimate of drug-likeness (QED) is 0.302. The Morgan fingerprint density at radius 1 is 1.13 bits per heavy atom. The summed E-state index contributed by atoms with van der Waals surface area (Å²) in [6, 6.07) is 5.89. The van der Waals surface area contributed by atoms with Crippen LogP contribution in [-0.2, 0) is 9.53 Å². The molecule has 0 saturated heterocycles. The molecular weight excluding hydrogens is 477 g/mol. The highest BCUT2D eigenvalue weighted by atomic mass is 35.5. The van der Waals surface area contributed by atoms with Crippen LogP contribution in [0.2, 0.25) is 5.02 Å². The van der Waals surface area contributed by atoms with E-state index < -0.39 is 41.5 Å². The van der Waals surface area contributed by atoms with E-state index >= 15 is 0 Å². The smallest absolute Gasteiger partial charge is 0.350 e. The van der Waals surface area contributed by atoms with Gasteiger partial charge < -0.3 is 9.47 Å². The Labute approximate surface area is 185 Å². The molecule has 2 aromatic carbocycles. The number of anilines is 1. The molecule has 0 spiro atoms. The van der Waals surface area contributed by atoms with Gasteiger partial charge in [0.2, 0.25) is 0 Å². The van der Waals surface area contributed by atoms with Gasteiger partial charge in [-0.1, -0.05) is 22.9 Å². The number of hydrogen-bond acceptors (Lipinski definition) is 7. The maximum Gasteiger partial charge on any atom is 0.350 e. The highest BCUT2D eigenvalue weighted by Crippen LogP contribution is 2.37. The van der Waals surface area contributed by atoms with E-state index in [1.54, 1.807) is 18.2 Å². The number of amides is 1. The molecule has 31 heavy (non-hydrogen) atoms. The van der Waals surface area contributed by atoms with Crippen LogP contribution in [0.3, 0.4) is 0 Å². The van der Waals surface area contributed by atoms with Crippen LogP contribution < -0.4 is 10.1 Å². The molecule has 2 aromatic heterocycles. The van der Waals surface area contributed by atoms with Crippen molar-refractivity contribution in [2.45, 2.75) is 0 Å². The average molecular weight is 487 g/mol. The number of halogens is 4. The fraction of sp³-hybridized carbons (Fsp3) is 0.105. The number of esters is 1. The fourth-order valence-electron chi connectivity index (χ4n) is 2.68. The average Bonchev–Trinajstić information content (AvgIpc) is 3.30. The van der Waals surface area contributed by atoms with Crippen molar-refractivity contribution in [2.24, 2.45) is 0 Å². The number of carbonyl (C=O) groups is 2. The number of carbonyl (C=O) groups excluding carboxylic acids is 2. The maximum atomic E-state index is 13.8. The van der Waals surface area contributed by atoms with Crippen LogP contribution in [0.1, 0.15) is 9.67 Å². The first kappa shape index (κ1) is 21.3. The Bertz CT molecular complexity index is 1360. The number of ether oxygens (including phenoxy) is 2. The number of thiazole rings is 1. The molecule has 160 valence electrons. The fourth-order valence-corrected chi connectivity index (χ4v) is 5.02. The van der Waals surface area contributed by atoms with E-state index in [1.807, 2.05) is 0 Å². The molecule has 0 aliphatic rings. The standard InChI is InChI=1S/C19H10ClF3N2O4S2/c1-28-7-2-3-8-10(4-7)30-17(13(8)20)18(27)29-6-12(26)24-19-25-16-11(31-19)5-9(21)14(22)15(16)23/h2-5H,6H2,1H3,(H,24,25,26). The van der Waals surface area contributed by atoms with Gasteiger partial charge in [-0.3, -0.25) is 10.1 Å². The molecule has 0 saturated carbocycles. The number of nitrogens with one attached hydrogen (secondary N) is 1. The van der Waals surface area contributed by atoms with E-state index in [2.05, 4.69) is 10.3 Å². The van der Waals surface area contributed by atoms with E-state index in [9.17, 15) is 22.8 Å². The second kappa shape index (κ2) is 8.33. The number of nitrogens with zero attached hydrogens (tertiary/aromatic N) is 1. The van der Waals surface area contributed by atoms with Crippen LogP contribution in [0, 0.1) is 17.5 Å². The van der Waals surface area contributed by atoms with Gasteiger partial charge in [0.15, 0.2) is 29.2 Å². The van der Waals surface area contributed by atoms with Crippen LogP contribution in [0.15, 0.2) is 24.3 Å². The summed E-state index contributed by atoms with van der Waals surface area (Å²) in [5, 5.41) is 3.02. The van der Waals surface area contributed by atoms with Crippen molar-refractivity contribution in [1.82, 2.24) is 4.98 Å². The normalized spacial score (nSPS) is 11.1. The van der Waals surface area contributed by atoms with Gasteiger partial charge in [-0.05, 0) is 24.3 Å². The Kier molecular flexibility index (Phi) is 5.73. The van der Waals surface area contributed by atoms with E-state index in [0.29, 0.717) is 15.8 Å². The third-order valence-electron chi connectivity index (χ3n) is 4.12. The maximum absolute atomic E-state index is 13.8. The molecule has 6 nitrogen and oxygen atoms in total. The van der Waals surface area contributed by atoms with Gasteiger partial charge in [-0.15, -0.1) is 11.3 Å². The summed E-state index contributed by atoms with van der Waals surface area (Å²) in [6.07, 6.45) is 0. The van der Waals surface area contributed by atoms with Crippen LogP contribution in [0.4, 0.5) is 18.3 Å². The molecule has 0 fully saturated rings. The summed E-state index contributed by atoms with van der Waals surface area (Å²) in [6.45, 7) is -0.673. The third kappa shape index (κ3) is 4.03. The van der Waals surface area contributed by atoms with Gasteiger partial charge in [-0.2, -0.15) is 0 Å². The Balaban J connectivity index is 1.45. The van der Waals surface area contributed by atoms with Crippen molar-refractivity contribution in [2.75, 3.05) is 19.0 Å². The summed E-state index contributed by atoms with van der Waals surface area (Å²) >= 11 is 8.07. The minimum absolute atomic E-state index is 0.0104. The van der Waals surface area contributed by atoms with Gasteiger partial charge >= 0.3 is 5.97 Å². The molecule has 0 unspecified atom stereocenters. The predicted molar refractivity (Wildman–Crippen MR) is 112 cm³/mol. The largest absolute Gasteiger partial charge is 0.497 e. The molecule has 4 aromatic rings. The first-order chi connectivity index (χ1) is 14.8. The zero-order chi connectivity index (χ0) is 22.3. The number of aromatic nitrogens is 1. The summed E-state index contributed by atoms with van der Waals surface area (Å²) in [7, 11) is 1.51. The molecule has 4 rings (SSSR count). The molecule has 0 radical (unpaired) electrons. The summed E-state index contributed by atoms with van der Waals surface area (Å²) in [5.74, 6) is -5.45. The second-order valence-electron chi connectivity index (χ2n) is 6.08. The summed E-state index contributed by atoms with van der Waals surface area (Å²) < 4.78 is 51.2. The van der Waals surface area contributed by atoms with Crippen molar-refractivity contribution < 1.29 is 32.2 Å². The van der Waals surface area contributed by atoms with Crippen LogP contribution in [0.5, 0.6) is 5.75 Å². The topological polar surface area (TPSA) is 77.5 Å². The first-order valence-corrected chi connectivity index (χ1v) is 10.5. The highest BCUT2D eigenvalue weighted by molar-refractivity contribution is 7.22. The minimum Gasteiger partial charge on any atom is -0.497 e. The zero-order valence-corrected chi connectivity index (χ0v) is 17.8. The van der Waals surface area contributed by atoms with E-state index in [1.165, 1.54) is 7.11 Å². The molecule has 0 atom stereocenters. The molecule has 0 aliphatic heterocycles. The van der Waals surface area contributed by atoms with Gasteiger partial charge in [0.05, 0.1) is 16.8 Å². The Hall–Kier alpha value is -2.89. The number of fused-ring (bicyclic) bond motifs is 2. The minimum atomic E-state index is -1.65. The zero-order valence-electron chi connectivity index (χ0n) is 15.4. The number of benzene rings is 2. The van der Waals surface area contributed by atoms with Crippen molar-refractivity contribution >= 4 is 71.6 Å². The number of methoxy groups -OCH3 is 1. The van der Waals surface area contributed by atoms with Crippen molar-refractivity contribution in [3.8, 4) is 5.75 Å². The lowest BCUT2D eigenvalue weighted by atomic mass is 10.2. The third-order valence-corrected chi connectivity index (χ3v) is 6.68. The lowest BCUT2D eigenvalue weighted by Crippen LogP contribution is -2.20. The Morgan fingerprint density at radius 2 is 1.90 bits per heavy atom. The highest BCUT2D eigenvalue weighted by Gasteiger charge is 2.21. The van der Waals surface area contributed by atoms with E-state index in [-0.39, 0.29) is 19.7 Å².